The minimum atomic E-state index is -1.03. The van der Waals surface area contributed by atoms with Crippen molar-refractivity contribution in [3.8, 4) is 35.0 Å². The first-order chi connectivity index (χ1) is 41.0. The van der Waals surface area contributed by atoms with E-state index in [0.29, 0.717) is 64.9 Å². The van der Waals surface area contributed by atoms with Crippen molar-refractivity contribution in [2.45, 2.75) is 117 Å². The Morgan fingerprint density at radius 1 is 0.671 bits per heavy atom. The van der Waals surface area contributed by atoms with Gasteiger partial charge < -0.3 is 54.5 Å². The molecule has 21 heteroatoms. The molecule has 0 radical (unpaired) electrons. The van der Waals surface area contributed by atoms with Gasteiger partial charge in [-0.2, -0.15) is 0 Å². The predicted molar refractivity (Wildman–Crippen MR) is 317 cm³/mol. The molecule has 8 rings (SSSR count). The van der Waals surface area contributed by atoms with E-state index < -0.39 is 35.8 Å². The lowest BCUT2D eigenvalue weighted by molar-refractivity contribution is -0.147. The summed E-state index contributed by atoms with van der Waals surface area (Å²) in [5.41, 5.74) is 5.84. The highest BCUT2D eigenvalue weighted by molar-refractivity contribution is 7.20. The van der Waals surface area contributed by atoms with Gasteiger partial charge in [-0.3, -0.25) is 38.4 Å². The third kappa shape index (κ3) is 16.7. The molecule has 2 aliphatic heterocycles. The highest BCUT2D eigenvalue weighted by Gasteiger charge is 2.30. The minimum absolute atomic E-state index is 0.0667. The molecule has 5 amide bonds. The number of hydrogen-bond acceptors (Lipinski definition) is 15. The average molecular weight is 1180 g/mol. The number of hydrogen-bond donors (Lipinski definition) is 4. The number of unbranched alkanes of at least 4 members (excludes halogenated alkanes) is 1. The molecule has 0 bridgehead atoms. The number of carbonyl (C=O) groups is 8. The van der Waals surface area contributed by atoms with Crippen LogP contribution in [-0.2, 0) is 64.5 Å². The molecule has 0 saturated carbocycles. The van der Waals surface area contributed by atoms with E-state index in [1.165, 1.54) is 32.5 Å². The van der Waals surface area contributed by atoms with E-state index in [1.807, 2.05) is 48.5 Å². The first-order valence-corrected chi connectivity index (χ1v) is 28.9. The molecule has 0 aliphatic carbocycles. The number of carboxylic acids is 1. The number of ketones is 1. The SMILES string of the molecule is COc1cc2sc(C(=O)CCC(=O)O)cc2cc1OCCCOc1nc2c(cc1OC)CN(C(=O)CCC(=O)OCc1ccc(NC(=O)[C@H](C)NC(=O)[C@@H](NC(=O)CCCCC(=O)N3Cc4ccccc4C#Cc4ccccc43)C(C)C)cc1)C2. The number of aliphatic carboxylic acids is 1. The van der Waals surface area contributed by atoms with Crippen molar-refractivity contribution < 1.29 is 67.1 Å². The van der Waals surface area contributed by atoms with Crippen LogP contribution in [0.15, 0.2) is 97.1 Å². The number of carboxylic acid groups (broad SMARTS) is 1. The van der Waals surface area contributed by atoms with Gasteiger partial charge in [0.2, 0.25) is 29.5 Å². The topological polar surface area (TPSA) is 258 Å². The van der Waals surface area contributed by atoms with Gasteiger partial charge in [0.15, 0.2) is 23.0 Å². The van der Waals surface area contributed by atoms with Crippen molar-refractivity contribution >= 4 is 80.1 Å². The standard InChI is InChI=1S/C64H68N6O14S/c1-39(2)61(68-56(72)17-10-11-18-58(74)70-36-44-15-7-6-13-42(44)21-22-43-14-8-9-16-49(43)70)63(79)65-40(3)62(78)66-47-23-19-41(20-24-47)38-84-60(77)28-26-57(73)69-35-46-32-53(81-5)64(67-48(46)37-69)83-30-12-29-82-52-31-45-33-55(50(71)25-27-59(75)76)85-54(45)34-51(52)80-4/h6-9,13-16,19-20,23-24,31-34,39-40,61H,10-12,17-18,25-30,35-38H2,1-5H3,(H,65,79)(H,66,78)(H,68,72)(H,75,76)/t40-,61-/m0/s1. The fourth-order valence-electron chi connectivity index (χ4n) is 9.50. The number of nitrogens with one attached hydrogen (secondary N) is 3. The molecule has 20 nitrogen and oxygen atoms in total. The van der Waals surface area contributed by atoms with Crippen LogP contribution in [0.5, 0.6) is 23.1 Å². The molecule has 4 N–H and O–H groups in total. The van der Waals surface area contributed by atoms with Crippen LogP contribution >= 0.6 is 11.3 Å². The van der Waals surface area contributed by atoms with E-state index in [2.05, 4.69) is 32.8 Å². The Kier molecular flexibility index (Phi) is 21.3. The summed E-state index contributed by atoms with van der Waals surface area (Å²) in [7, 11) is 3.01. The Hall–Kier alpha value is -9.29. The van der Waals surface area contributed by atoms with Gasteiger partial charge >= 0.3 is 11.9 Å². The molecule has 4 heterocycles. The lowest BCUT2D eigenvalue weighted by Crippen LogP contribution is -2.53. The number of para-hydroxylation sites is 1. The Morgan fingerprint density at radius 2 is 1.39 bits per heavy atom. The number of aromatic nitrogens is 1. The zero-order valence-electron chi connectivity index (χ0n) is 48.1. The molecule has 6 aromatic rings. The van der Waals surface area contributed by atoms with Gasteiger partial charge in [-0.25, -0.2) is 4.98 Å². The number of nitrogens with zero attached hydrogens (tertiary/aromatic N) is 3. The third-order valence-electron chi connectivity index (χ3n) is 14.2. The number of esters is 1. The summed E-state index contributed by atoms with van der Waals surface area (Å²) >= 11 is 1.27. The number of carbonyl (C=O) groups excluding carboxylic acids is 7. The highest BCUT2D eigenvalue weighted by atomic mass is 32.1. The van der Waals surface area contributed by atoms with E-state index in [1.54, 1.807) is 72.2 Å². The van der Waals surface area contributed by atoms with Gasteiger partial charge in [0, 0.05) is 66.2 Å². The molecule has 0 fully saturated rings. The number of fused-ring (bicyclic) bond motifs is 4. The second kappa shape index (κ2) is 29.3. The zero-order valence-corrected chi connectivity index (χ0v) is 48.9. The highest BCUT2D eigenvalue weighted by Crippen LogP contribution is 2.38. The third-order valence-corrected chi connectivity index (χ3v) is 15.4. The van der Waals surface area contributed by atoms with E-state index in [4.69, 9.17) is 28.8 Å². The lowest BCUT2D eigenvalue weighted by atomic mass is 10.0. The second-order valence-electron chi connectivity index (χ2n) is 20.8. The average Bonchev–Trinajstić information content (AvgIpc) is 2.72. The molecule has 444 valence electrons. The summed E-state index contributed by atoms with van der Waals surface area (Å²) in [5, 5.41) is 18.0. The first kappa shape index (κ1) is 61.8. The van der Waals surface area contributed by atoms with Crippen LogP contribution in [-0.4, -0.2) is 102 Å². The van der Waals surface area contributed by atoms with Crippen LogP contribution in [0.2, 0.25) is 0 Å². The van der Waals surface area contributed by atoms with Crippen molar-refractivity contribution in [1.82, 2.24) is 20.5 Å². The molecule has 2 aromatic heterocycles. The van der Waals surface area contributed by atoms with E-state index in [-0.39, 0.29) is 107 Å². The van der Waals surface area contributed by atoms with Gasteiger partial charge in [-0.15, -0.1) is 11.3 Å². The molecular weight excluding hydrogens is 1110 g/mol. The number of ether oxygens (including phenoxy) is 5. The normalized spacial score (nSPS) is 12.9. The molecule has 2 atom stereocenters. The van der Waals surface area contributed by atoms with E-state index in [0.717, 1.165) is 38.0 Å². The van der Waals surface area contributed by atoms with Crippen LogP contribution < -0.4 is 39.8 Å². The molecule has 0 spiro atoms. The van der Waals surface area contributed by atoms with Crippen molar-refractivity contribution in [3.63, 3.8) is 0 Å². The summed E-state index contributed by atoms with van der Waals surface area (Å²) in [4.78, 5) is 111. The van der Waals surface area contributed by atoms with Crippen LogP contribution in [0.3, 0.4) is 0 Å². The minimum Gasteiger partial charge on any atom is -0.493 e. The van der Waals surface area contributed by atoms with Crippen molar-refractivity contribution in [3.05, 3.63) is 135 Å². The number of rotatable bonds is 28. The molecule has 85 heavy (non-hydrogen) atoms. The number of pyridine rings is 1. The first-order valence-electron chi connectivity index (χ1n) is 28.1. The van der Waals surface area contributed by atoms with E-state index in [9.17, 15) is 38.4 Å². The smallest absolute Gasteiger partial charge is 0.306 e. The monoisotopic (exact) mass is 1180 g/mol. The molecular formula is C64H68N6O14S. The zero-order chi connectivity index (χ0) is 60.6. The van der Waals surface area contributed by atoms with Crippen molar-refractivity contribution in [1.29, 1.82) is 0 Å². The molecule has 2 aliphatic rings. The van der Waals surface area contributed by atoms with Crippen LogP contribution in [0, 0.1) is 17.8 Å². The number of thiophene rings is 1. The quantitative estimate of drug-likeness (QED) is 0.0155. The maximum absolute atomic E-state index is 13.6. The maximum Gasteiger partial charge on any atom is 0.306 e. The maximum atomic E-state index is 13.6. The van der Waals surface area contributed by atoms with Crippen LogP contribution in [0.4, 0.5) is 11.4 Å². The van der Waals surface area contributed by atoms with Crippen LogP contribution in [0.25, 0.3) is 10.1 Å². The summed E-state index contributed by atoms with van der Waals surface area (Å²) < 4.78 is 29.4. The Balaban J connectivity index is 0.710. The summed E-state index contributed by atoms with van der Waals surface area (Å²) in [5.74, 6) is 4.23. The second-order valence-corrected chi connectivity index (χ2v) is 21.9. The van der Waals surface area contributed by atoms with Gasteiger partial charge in [-0.1, -0.05) is 68.2 Å². The lowest BCUT2D eigenvalue weighted by Gasteiger charge is -2.26. The summed E-state index contributed by atoms with van der Waals surface area (Å²) in [6, 6.07) is 27.1. The Morgan fingerprint density at radius 3 is 2.14 bits per heavy atom. The van der Waals surface area contributed by atoms with Gasteiger partial charge in [0.1, 0.15) is 18.7 Å². The molecule has 4 aromatic carbocycles. The van der Waals surface area contributed by atoms with Gasteiger partial charge in [0.05, 0.1) is 69.6 Å². The van der Waals surface area contributed by atoms with E-state index >= 15 is 0 Å². The fourth-order valence-corrected chi connectivity index (χ4v) is 10.5. The molecule has 0 saturated heterocycles. The van der Waals surface area contributed by atoms with Gasteiger partial charge in [0.25, 0.3) is 5.88 Å². The van der Waals surface area contributed by atoms with Crippen LogP contribution in [0.1, 0.15) is 122 Å². The number of benzene rings is 4. The number of amides is 5. The van der Waals surface area contributed by atoms with Crippen molar-refractivity contribution in [2.24, 2.45) is 5.92 Å². The number of anilines is 2. The number of Topliss-reactive ketones (excluding diaryl/α,β-unsaturated/α-hetero) is 1. The Labute approximate surface area is 496 Å². The Bertz CT molecular complexity index is 3530. The number of methoxy groups -OCH3 is 2. The predicted octanol–water partition coefficient (Wildman–Crippen LogP) is 8.67. The van der Waals surface area contributed by atoms with Crippen molar-refractivity contribution in [2.75, 3.05) is 37.7 Å². The largest absolute Gasteiger partial charge is 0.493 e. The summed E-state index contributed by atoms with van der Waals surface area (Å²) in [6.07, 6.45) is 1.12. The fraction of sp³-hybridized carbons (Fsp3) is 0.359. The summed E-state index contributed by atoms with van der Waals surface area (Å²) in [6.45, 7) is 6.41. The molecule has 0 unspecified atom stereocenters. The van der Waals surface area contributed by atoms with Gasteiger partial charge in [-0.05, 0) is 96.3 Å².